The van der Waals surface area contributed by atoms with Crippen LogP contribution in [0.4, 0.5) is 11.5 Å². The third-order valence-electron chi connectivity index (χ3n) is 11.7. The van der Waals surface area contributed by atoms with Gasteiger partial charge in [-0.05, 0) is 124 Å². The van der Waals surface area contributed by atoms with Crippen molar-refractivity contribution in [1.82, 2.24) is 15.3 Å². The molecule has 0 atom stereocenters. The highest BCUT2D eigenvalue weighted by molar-refractivity contribution is 7.15. The molecule has 3 aromatic rings. The van der Waals surface area contributed by atoms with E-state index in [1.165, 1.54) is 122 Å². The molecule has 0 spiro atoms. The van der Waals surface area contributed by atoms with Crippen molar-refractivity contribution in [1.29, 1.82) is 0 Å². The Morgan fingerprint density at radius 1 is 0.917 bits per heavy atom. The van der Waals surface area contributed by atoms with Gasteiger partial charge in [-0.3, -0.25) is 0 Å². The molecule has 0 saturated heterocycles. The van der Waals surface area contributed by atoms with Crippen LogP contribution in [-0.4, -0.2) is 37.2 Å². The number of benzene rings is 1. The maximum Gasteiger partial charge on any atom is 0.127 e. The minimum Gasteiger partial charge on any atom is -0.389 e. The van der Waals surface area contributed by atoms with E-state index in [-0.39, 0.29) is 0 Å². The molecular weight excluding hydrogens is 607 g/mol. The van der Waals surface area contributed by atoms with Crippen molar-refractivity contribution in [2.45, 2.75) is 115 Å². The molecule has 0 radical (unpaired) electrons. The van der Waals surface area contributed by atoms with Crippen molar-refractivity contribution in [3.05, 3.63) is 83.9 Å². The van der Waals surface area contributed by atoms with Crippen molar-refractivity contribution in [3.63, 3.8) is 0 Å². The second kappa shape index (κ2) is 15.2. The van der Waals surface area contributed by atoms with Gasteiger partial charge in [0.1, 0.15) is 5.82 Å². The molecule has 0 unspecified atom stereocenters. The minimum atomic E-state index is 0.316. The van der Waals surface area contributed by atoms with E-state index in [4.69, 9.17) is 16.5 Å². The Balaban J connectivity index is 0.000000519. The van der Waals surface area contributed by atoms with Gasteiger partial charge in [0, 0.05) is 62.6 Å². The third-order valence-corrected chi connectivity index (χ3v) is 12.9. The maximum atomic E-state index is 4.82. The lowest BCUT2D eigenvalue weighted by atomic mass is 9.52. The van der Waals surface area contributed by atoms with Gasteiger partial charge in [-0.1, -0.05) is 57.5 Å². The summed E-state index contributed by atoms with van der Waals surface area (Å²) >= 11 is 1.90. The molecule has 6 heteroatoms. The Morgan fingerprint density at radius 2 is 1.65 bits per heavy atom. The van der Waals surface area contributed by atoms with E-state index in [1.54, 1.807) is 0 Å². The Bertz CT molecular complexity index is 1500. The Morgan fingerprint density at radius 3 is 2.23 bits per heavy atom. The predicted octanol–water partition coefficient (Wildman–Crippen LogP) is 10.9. The molecule has 1 N–H and O–H groups in total. The standard InChI is InChI=1S/C36H46N4S.C6H13N/c1-26(27-8-5-4-6-9-27)40(31-11-7-10-29(22-31)32-24-38-34(41-32)28-12-13-28)25-35-16-19-36(20-17-35,21-18-35)30-14-15-33(37-23-30)39(2)3;1-4-5-7-6(2)3/h7,10-11,14-15,22-24,27-28H,1,4-6,8-9,12-13,16-21,25H2,2-3H3;7H,2,4-5H2,1,3H3. The molecular formula is C42H59N5S. The zero-order chi connectivity index (χ0) is 33.7. The summed E-state index contributed by atoms with van der Waals surface area (Å²) in [7, 11) is 4.14. The van der Waals surface area contributed by atoms with E-state index < -0.39 is 0 Å². The van der Waals surface area contributed by atoms with Gasteiger partial charge in [0.05, 0.1) is 9.88 Å². The van der Waals surface area contributed by atoms with E-state index in [9.17, 15) is 0 Å². The fourth-order valence-electron chi connectivity index (χ4n) is 8.35. The topological polar surface area (TPSA) is 44.3 Å². The van der Waals surface area contributed by atoms with Crippen LogP contribution in [0.15, 0.2) is 73.3 Å². The quantitative estimate of drug-likeness (QED) is 0.209. The lowest BCUT2D eigenvalue weighted by molar-refractivity contribution is 0.0459. The van der Waals surface area contributed by atoms with Crippen LogP contribution in [0.1, 0.15) is 120 Å². The average Bonchev–Trinajstić information content (AvgIpc) is 3.86. The average molecular weight is 666 g/mol. The summed E-state index contributed by atoms with van der Waals surface area (Å²) in [5.41, 5.74) is 7.21. The van der Waals surface area contributed by atoms with Gasteiger partial charge in [0.2, 0.25) is 0 Å². The molecule has 5 aliphatic rings. The Labute approximate surface area is 295 Å². The number of anilines is 2. The number of thiazole rings is 1. The van der Waals surface area contributed by atoms with Gasteiger partial charge >= 0.3 is 0 Å². The van der Waals surface area contributed by atoms with Crippen LogP contribution in [0.2, 0.25) is 0 Å². The summed E-state index contributed by atoms with van der Waals surface area (Å²) in [4.78, 5) is 15.7. The van der Waals surface area contributed by atoms with Crippen molar-refractivity contribution < 1.29 is 0 Å². The normalized spacial score (nSPS) is 23.6. The van der Waals surface area contributed by atoms with Crippen LogP contribution < -0.4 is 15.1 Å². The lowest BCUT2D eigenvalue weighted by Crippen LogP contribution is -2.49. The zero-order valence-corrected chi connectivity index (χ0v) is 31.0. The largest absolute Gasteiger partial charge is 0.389 e. The number of aromatic nitrogens is 2. The summed E-state index contributed by atoms with van der Waals surface area (Å²) in [5.74, 6) is 2.37. The van der Waals surface area contributed by atoms with E-state index in [0.717, 1.165) is 24.6 Å². The van der Waals surface area contributed by atoms with Gasteiger partial charge in [-0.15, -0.1) is 11.3 Å². The first-order valence-electron chi connectivity index (χ1n) is 18.8. The SMILES string of the molecule is C=C(C)NCCC.C=C(C1CCCCC1)N(CC12CCC(c3ccc(N(C)C)nc3)(CC1)CC2)c1cccc(-c2cnc(C3CC3)s2)c1. The fraction of sp³-hybridized carbons (Fsp3) is 0.571. The second-order valence-electron chi connectivity index (χ2n) is 15.6. The maximum absolute atomic E-state index is 4.82. The summed E-state index contributed by atoms with van der Waals surface area (Å²) in [5, 5.41) is 4.43. The second-order valence-corrected chi connectivity index (χ2v) is 16.6. The molecule has 5 nitrogen and oxygen atoms in total. The van der Waals surface area contributed by atoms with Crippen LogP contribution in [0, 0.1) is 11.3 Å². The molecule has 48 heavy (non-hydrogen) atoms. The number of pyridine rings is 1. The number of nitrogens with one attached hydrogen (secondary N) is 1. The molecule has 5 fully saturated rings. The van der Waals surface area contributed by atoms with E-state index in [1.807, 2.05) is 18.3 Å². The lowest BCUT2D eigenvalue weighted by Gasteiger charge is -2.55. The summed E-state index contributed by atoms with van der Waals surface area (Å²) in [6.45, 7) is 14.8. The fourth-order valence-corrected chi connectivity index (χ4v) is 9.44. The first kappa shape index (κ1) is 34.7. The van der Waals surface area contributed by atoms with E-state index in [2.05, 4.69) is 91.5 Å². The molecule has 258 valence electrons. The number of rotatable bonds is 12. The predicted molar refractivity (Wildman–Crippen MR) is 206 cm³/mol. The molecule has 5 saturated carbocycles. The molecule has 2 heterocycles. The summed E-state index contributed by atoms with van der Waals surface area (Å²) < 4.78 is 0. The first-order chi connectivity index (χ1) is 23.2. The number of hydrogen-bond donors (Lipinski definition) is 1. The van der Waals surface area contributed by atoms with Crippen LogP contribution >= 0.6 is 11.3 Å². The van der Waals surface area contributed by atoms with E-state index in [0.29, 0.717) is 22.7 Å². The highest BCUT2D eigenvalue weighted by Gasteiger charge is 2.50. The number of nitrogens with zero attached hydrogens (tertiary/aromatic N) is 4. The molecule has 0 amide bonds. The van der Waals surface area contributed by atoms with Gasteiger partial charge in [0.25, 0.3) is 0 Å². The summed E-state index contributed by atoms with van der Waals surface area (Å²) in [6, 6.07) is 13.9. The van der Waals surface area contributed by atoms with Crippen LogP contribution in [-0.2, 0) is 5.41 Å². The Kier molecular flexibility index (Phi) is 11.0. The van der Waals surface area contributed by atoms with Crippen LogP contribution in [0.5, 0.6) is 0 Å². The number of fused-ring (bicyclic) bond motifs is 3. The third kappa shape index (κ3) is 8.01. The zero-order valence-electron chi connectivity index (χ0n) is 30.2. The number of hydrogen-bond acceptors (Lipinski definition) is 6. The van der Waals surface area contributed by atoms with Crippen molar-refractivity contribution in [2.75, 3.05) is 37.0 Å². The molecule has 0 aliphatic heterocycles. The highest BCUT2D eigenvalue weighted by atomic mass is 32.1. The molecule has 2 aromatic heterocycles. The molecule has 2 bridgehead atoms. The van der Waals surface area contributed by atoms with Gasteiger partial charge < -0.3 is 15.1 Å². The van der Waals surface area contributed by atoms with Gasteiger partial charge in [-0.25, -0.2) is 9.97 Å². The van der Waals surface area contributed by atoms with E-state index >= 15 is 0 Å². The monoisotopic (exact) mass is 665 g/mol. The van der Waals surface area contributed by atoms with Gasteiger partial charge in [-0.2, -0.15) is 0 Å². The highest BCUT2D eigenvalue weighted by Crippen LogP contribution is 2.58. The first-order valence-corrected chi connectivity index (χ1v) is 19.6. The van der Waals surface area contributed by atoms with Gasteiger partial charge in [0.15, 0.2) is 0 Å². The minimum absolute atomic E-state index is 0.316. The summed E-state index contributed by atoms with van der Waals surface area (Å²) in [6.07, 6.45) is 22.5. The molecule has 1 aromatic carbocycles. The smallest absolute Gasteiger partial charge is 0.127 e. The number of allylic oxidation sites excluding steroid dienone is 2. The Hall–Kier alpha value is -3.12. The molecule has 8 rings (SSSR count). The van der Waals surface area contributed by atoms with Crippen molar-refractivity contribution in [3.8, 4) is 10.4 Å². The van der Waals surface area contributed by atoms with Crippen molar-refractivity contribution >= 4 is 22.8 Å². The van der Waals surface area contributed by atoms with Crippen LogP contribution in [0.3, 0.4) is 0 Å². The van der Waals surface area contributed by atoms with Crippen molar-refractivity contribution in [2.24, 2.45) is 11.3 Å². The van der Waals surface area contributed by atoms with Crippen LogP contribution in [0.25, 0.3) is 10.4 Å². The molecule has 5 aliphatic carbocycles.